The smallest absolute Gasteiger partial charge is 0.416 e. The number of hydrogen-bond acceptors (Lipinski definition) is 4. The van der Waals surface area contributed by atoms with Crippen LogP contribution in [0.3, 0.4) is 0 Å². The summed E-state index contributed by atoms with van der Waals surface area (Å²) in [7, 11) is 0. The van der Waals surface area contributed by atoms with Gasteiger partial charge in [0.15, 0.2) is 0 Å². The lowest BCUT2D eigenvalue weighted by molar-refractivity contribution is -0.384. The topological polar surface area (TPSA) is 83.7 Å². The van der Waals surface area contributed by atoms with E-state index in [0.29, 0.717) is 12.5 Å². The molecular formula is C13H13F3N2O4. The number of carboxylic acid groups (broad SMARTS) is 1. The van der Waals surface area contributed by atoms with Crippen molar-refractivity contribution in [3.63, 3.8) is 0 Å². The Balaban J connectivity index is 2.46. The van der Waals surface area contributed by atoms with Crippen LogP contribution in [0.4, 0.5) is 24.5 Å². The van der Waals surface area contributed by atoms with Gasteiger partial charge in [-0.1, -0.05) is 0 Å². The van der Waals surface area contributed by atoms with E-state index < -0.39 is 34.2 Å². The van der Waals surface area contributed by atoms with Crippen molar-refractivity contribution in [2.24, 2.45) is 5.92 Å². The summed E-state index contributed by atoms with van der Waals surface area (Å²) < 4.78 is 38.6. The van der Waals surface area contributed by atoms with Crippen LogP contribution in [-0.4, -0.2) is 29.1 Å². The van der Waals surface area contributed by atoms with Crippen molar-refractivity contribution < 1.29 is 28.0 Å². The Morgan fingerprint density at radius 1 is 1.45 bits per heavy atom. The van der Waals surface area contributed by atoms with Crippen LogP contribution in [0.5, 0.6) is 0 Å². The van der Waals surface area contributed by atoms with Gasteiger partial charge in [0, 0.05) is 19.2 Å². The molecule has 1 aromatic carbocycles. The quantitative estimate of drug-likeness (QED) is 0.684. The molecular weight excluding hydrogens is 305 g/mol. The molecule has 1 saturated heterocycles. The summed E-state index contributed by atoms with van der Waals surface area (Å²) in [6.45, 7) is 1.52. The molecule has 120 valence electrons. The Morgan fingerprint density at radius 3 is 2.55 bits per heavy atom. The van der Waals surface area contributed by atoms with Crippen LogP contribution in [0.15, 0.2) is 12.1 Å². The van der Waals surface area contributed by atoms with Crippen molar-refractivity contribution >= 4 is 17.3 Å². The third-order valence-corrected chi connectivity index (χ3v) is 3.70. The number of alkyl halides is 3. The fraction of sp³-hybridized carbons (Fsp3) is 0.462. The maximum atomic E-state index is 12.9. The highest BCUT2D eigenvalue weighted by Gasteiger charge is 2.37. The second-order valence-corrected chi connectivity index (χ2v) is 5.18. The molecule has 1 aromatic rings. The Kier molecular flexibility index (Phi) is 3.99. The average molecular weight is 318 g/mol. The molecule has 1 aliphatic heterocycles. The third kappa shape index (κ3) is 2.97. The van der Waals surface area contributed by atoms with Gasteiger partial charge in [0.1, 0.15) is 5.69 Å². The molecule has 1 atom stereocenters. The van der Waals surface area contributed by atoms with E-state index in [4.69, 9.17) is 5.11 Å². The molecule has 1 heterocycles. The molecule has 9 heteroatoms. The zero-order chi connectivity index (χ0) is 16.7. The van der Waals surface area contributed by atoms with Crippen molar-refractivity contribution in [1.82, 2.24) is 0 Å². The number of aliphatic carboxylic acids is 1. The number of nitro benzene ring substituents is 1. The molecule has 0 aromatic heterocycles. The van der Waals surface area contributed by atoms with Gasteiger partial charge in [-0.3, -0.25) is 14.9 Å². The normalized spacial score (nSPS) is 18.5. The van der Waals surface area contributed by atoms with Gasteiger partial charge in [-0.25, -0.2) is 0 Å². The number of anilines is 1. The molecule has 0 radical (unpaired) electrons. The van der Waals surface area contributed by atoms with Crippen molar-refractivity contribution in [1.29, 1.82) is 0 Å². The Labute approximate surface area is 123 Å². The van der Waals surface area contributed by atoms with Gasteiger partial charge in [0.25, 0.3) is 5.69 Å². The highest BCUT2D eigenvalue weighted by molar-refractivity contribution is 5.74. The van der Waals surface area contributed by atoms with Gasteiger partial charge in [-0.15, -0.1) is 0 Å². The van der Waals surface area contributed by atoms with Crippen LogP contribution in [0.2, 0.25) is 0 Å². The largest absolute Gasteiger partial charge is 0.481 e. The van der Waals surface area contributed by atoms with E-state index in [1.807, 2.05) is 0 Å². The Bertz CT molecular complexity index is 630. The number of hydrogen-bond donors (Lipinski definition) is 1. The van der Waals surface area contributed by atoms with Crippen molar-refractivity contribution in [3.8, 4) is 0 Å². The summed E-state index contributed by atoms with van der Waals surface area (Å²) in [6.07, 6.45) is -4.38. The molecule has 0 saturated carbocycles. The van der Waals surface area contributed by atoms with Crippen LogP contribution in [0.25, 0.3) is 0 Å². The molecule has 1 unspecified atom stereocenters. The second-order valence-electron chi connectivity index (χ2n) is 5.18. The van der Waals surface area contributed by atoms with Gasteiger partial charge in [-0.2, -0.15) is 13.2 Å². The van der Waals surface area contributed by atoms with Gasteiger partial charge in [-0.05, 0) is 25.0 Å². The Hall–Kier alpha value is -2.32. The lowest BCUT2D eigenvalue weighted by Gasteiger charge is -2.20. The van der Waals surface area contributed by atoms with E-state index in [9.17, 15) is 28.1 Å². The van der Waals surface area contributed by atoms with Crippen LogP contribution in [-0.2, 0) is 11.0 Å². The number of nitrogens with zero attached hydrogens (tertiary/aromatic N) is 2. The first-order chi connectivity index (χ1) is 10.1. The molecule has 0 amide bonds. The van der Waals surface area contributed by atoms with Crippen LogP contribution in [0, 0.1) is 23.0 Å². The number of rotatable bonds is 3. The first kappa shape index (κ1) is 16.1. The molecule has 2 rings (SSSR count). The number of halogens is 3. The number of carboxylic acids is 1. The van der Waals surface area contributed by atoms with E-state index in [1.165, 1.54) is 11.8 Å². The average Bonchev–Trinajstić information content (AvgIpc) is 2.85. The van der Waals surface area contributed by atoms with E-state index in [2.05, 4.69) is 0 Å². The van der Waals surface area contributed by atoms with Crippen LogP contribution < -0.4 is 4.90 Å². The summed E-state index contributed by atoms with van der Waals surface area (Å²) in [5, 5.41) is 20.0. The molecule has 1 fully saturated rings. The number of benzene rings is 1. The minimum Gasteiger partial charge on any atom is -0.481 e. The molecule has 6 nitrogen and oxygen atoms in total. The summed E-state index contributed by atoms with van der Waals surface area (Å²) in [5.74, 6) is -1.70. The minimum atomic E-state index is -4.68. The standard InChI is InChI=1S/C13H13F3N2O4/c1-7-4-10(17-3-2-8(6-17)12(19)20)11(18(21)22)5-9(7)13(14,15)16/h4-5,8H,2-3,6H2,1H3,(H,19,20). The van der Waals surface area contributed by atoms with E-state index in [-0.39, 0.29) is 24.3 Å². The second kappa shape index (κ2) is 5.47. The molecule has 0 spiro atoms. The maximum absolute atomic E-state index is 12.9. The lowest BCUT2D eigenvalue weighted by atomic mass is 10.1. The molecule has 22 heavy (non-hydrogen) atoms. The van der Waals surface area contributed by atoms with Crippen molar-refractivity contribution in [2.45, 2.75) is 19.5 Å². The first-order valence-corrected chi connectivity index (χ1v) is 6.45. The SMILES string of the molecule is Cc1cc(N2CCC(C(=O)O)C2)c([N+](=O)[O-])cc1C(F)(F)F. The first-order valence-electron chi connectivity index (χ1n) is 6.45. The number of aryl methyl sites for hydroxylation is 1. The predicted molar refractivity (Wildman–Crippen MR) is 70.8 cm³/mol. The van der Waals surface area contributed by atoms with E-state index >= 15 is 0 Å². The van der Waals surface area contributed by atoms with Gasteiger partial charge in [0.2, 0.25) is 0 Å². The fourth-order valence-electron chi connectivity index (χ4n) is 2.57. The summed E-state index contributed by atoms with van der Waals surface area (Å²) in [6, 6.07) is 1.62. The monoisotopic (exact) mass is 318 g/mol. The van der Waals surface area contributed by atoms with E-state index in [1.54, 1.807) is 0 Å². The molecule has 1 N–H and O–H groups in total. The van der Waals surface area contributed by atoms with Crippen LogP contribution in [0.1, 0.15) is 17.5 Å². The summed E-state index contributed by atoms with van der Waals surface area (Å²) in [5.41, 5.74) is -1.83. The van der Waals surface area contributed by atoms with Gasteiger partial charge < -0.3 is 10.0 Å². The molecule has 0 bridgehead atoms. The van der Waals surface area contributed by atoms with Gasteiger partial charge >= 0.3 is 12.1 Å². The Morgan fingerprint density at radius 2 is 2.09 bits per heavy atom. The summed E-state index contributed by atoms with van der Waals surface area (Å²) in [4.78, 5) is 22.6. The number of nitro groups is 1. The maximum Gasteiger partial charge on any atom is 0.416 e. The van der Waals surface area contributed by atoms with E-state index in [0.717, 1.165) is 6.07 Å². The van der Waals surface area contributed by atoms with Crippen molar-refractivity contribution in [3.05, 3.63) is 33.4 Å². The fourth-order valence-corrected chi connectivity index (χ4v) is 2.57. The highest BCUT2D eigenvalue weighted by Crippen LogP contribution is 2.40. The van der Waals surface area contributed by atoms with Crippen LogP contribution >= 0.6 is 0 Å². The predicted octanol–water partition coefficient (Wildman–Crippen LogP) is 2.83. The molecule has 1 aliphatic rings. The zero-order valence-corrected chi connectivity index (χ0v) is 11.6. The molecule has 0 aliphatic carbocycles. The third-order valence-electron chi connectivity index (χ3n) is 3.70. The number of carbonyl (C=O) groups is 1. The highest BCUT2D eigenvalue weighted by atomic mass is 19.4. The van der Waals surface area contributed by atoms with Crippen molar-refractivity contribution in [2.75, 3.05) is 18.0 Å². The lowest BCUT2D eigenvalue weighted by Crippen LogP contribution is -2.24. The zero-order valence-electron chi connectivity index (χ0n) is 11.6. The minimum absolute atomic E-state index is 0.0271. The summed E-state index contributed by atoms with van der Waals surface area (Å²) >= 11 is 0. The van der Waals surface area contributed by atoms with Gasteiger partial charge in [0.05, 0.1) is 16.4 Å².